The number of ether oxygens (including phenoxy) is 1. The van der Waals surface area contributed by atoms with Gasteiger partial charge in [0, 0.05) is 5.54 Å². The molecular formula is C15H27N3O3. The van der Waals surface area contributed by atoms with Gasteiger partial charge in [0.05, 0.1) is 23.9 Å². The zero-order chi connectivity index (χ0) is 16.1. The predicted molar refractivity (Wildman–Crippen MR) is 82.5 cm³/mol. The largest absolute Gasteiger partial charge is 0.434 e. The van der Waals surface area contributed by atoms with Crippen LogP contribution in [0, 0.1) is 0 Å². The Morgan fingerprint density at radius 1 is 1.33 bits per heavy atom. The van der Waals surface area contributed by atoms with Crippen molar-refractivity contribution in [2.45, 2.75) is 58.5 Å². The lowest BCUT2D eigenvalue weighted by molar-refractivity contribution is -0.135. The van der Waals surface area contributed by atoms with Crippen LogP contribution in [0.25, 0.3) is 0 Å². The lowest BCUT2D eigenvalue weighted by Crippen LogP contribution is -2.47. The van der Waals surface area contributed by atoms with E-state index in [0.29, 0.717) is 12.1 Å². The van der Waals surface area contributed by atoms with E-state index >= 15 is 0 Å². The maximum absolute atomic E-state index is 11.1. The first kappa shape index (κ1) is 17.7. The quantitative estimate of drug-likeness (QED) is 0.209. The number of esters is 1. The number of cyclic esters (lactones) is 1. The summed E-state index contributed by atoms with van der Waals surface area (Å²) in [6.45, 7) is 11.4. The molecule has 0 unspecified atom stereocenters. The lowest BCUT2D eigenvalue weighted by Gasteiger charge is -2.28. The average Bonchev–Trinajstić information content (AvgIpc) is 2.84. The number of carbonyl (C=O) groups is 1. The van der Waals surface area contributed by atoms with Gasteiger partial charge in [-0.2, -0.15) is 0 Å². The summed E-state index contributed by atoms with van der Waals surface area (Å²) in [5.41, 5.74) is 1.06. The van der Waals surface area contributed by atoms with Crippen LogP contribution in [0.15, 0.2) is 17.0 Å². The summed E-state index contributed by atoms with van der Waals surface area (Å²) in [5.74, 6) is -0.193. The monoisotopic (exact) mass is 297 g/mol. The van der Waals surface area contributed by atoms with Crippen LogP contribution in [0.3, 0.4) is 0 Å². The molecule has 0 aromatic carbocycles. The molecule has 0 spiro atoms. The van der Waals surface area contributed by atoms with Gasteiger partial charge in [0.2, 0.25) is 0 Å². The van der Waals surface area contributed by atoms with Crippen LogP contribution in [-0.4, -0.2) is 41.1 Å². The van der Waals surface area contributed by atoms with Crippen LogP contribution in [0.4, 0.5) is 0 Å². The SMILES string of the molecule is C/C(=N\O)C(C)(C)NCCCNC(C)(C)C1=COC(=O)C1. The molecule has 0 bridgehead atoms. The van der Waals surface area contributed by atoms with Gasteiger partial charge in [0.25, 0.3) is 0 Å². The summed E-state index contributed by atoms with van der Waals surface area (Å²) in [5, 5.41) is 18.8. The van der Waals surface area contributed by atoms with E-state index in [1.165, 1.54) is 0 Å². The maximum atomic E-state index is 11.1. The van der Waals surface area contributed by atoms with Crippen molar-refractivity contribution in [2.24, 2.45) is 5.16 Å². The molecule has 1 rings (SSSR count). The van der Waals surface area contributed by atoms with Crippen molar-refractivity contribution < 1.29 is 14.7 Å². The fourth-order valence-corrected chi connectivity index (χ4v) is 2.00. The Balaban J connectivity index is 2.30. The van der Waals surface area contributed by atoms with Crippen LogP contribution in [0.1, 0.15) is 47.5 Å². The van der Waals surface area contributed by atoms with E-state index in [2.05, 4.69) is 15.8 Å². The molecule has 6 nitrogen and oxygen atoms in total. The molecule has 0 aromatic rings. The highest BCUT2D eigenvalue weighted by atomic mass is 16.5. The maximum Gasteiger partial charge on any atom is 0.314 e. The number of hydrogen-bond acceptors (Lipinski definition) is 6. The summed E-state index contributed by atoms with van der Waals surface area (Å²) >= 11 is 0. The van der Waals surface area contributed by atoms with Crippen LogP contribution < -0.4 is 10.6 Å². The second-order valence-corrected chi connectivity index (χ2v) is 6.45. The number of nitrogens with zero attached hydrogens (tertiary/aromatic N) is 1. The van der Waals surface area contributed by atoms with E-state index in [4.69, 9.17) is 9.94 Å². The summed E-state index contributed by atoms with van der Waals surface area (Å²) < 4.78 is 4.87. The summed E-state index contributed by atoms with van der Waals surface area (Å²) in [6.07, 6.45) is 2.84. The number of rotatable bonds is 8. The Hall–Kier alpha value is -1.40. The normalized spacial score (nSPS) is 16.9. The summed E-state index contributed by atoms with van der Waals surface area (Å²) in [6, 6.07) is 0. The fourth-order valence-electron chi connectivity index (χ4n) is 2.00. The van der Waals surface area contributed by atoms with E-state index in [0.717, 1.165) is 25.1 Å². The smallest absolute Gasteiger partial charge is 0.314 e. The van der Waals surface area contributed by atoms with Gasteiger partial charge >= 0.3 is 5.97 Å². The third-order valence-corrected chi connectivity index (χ3v) is 4.01. The van der Waals surface area contributed by atoms with Gasteiger partial charge in [-0.3, -0.25) is 4.79 Å². The molecule has 0 fully saturated rings. The second-order valence-electron chi connectivity index (χ2n) is 6.45. The molecule has 0 aromatic heterocycles. The van der Waals surface area contributed by atoms with Gasteiger partial charge in [-0.25, -0.2) is 0 Å². The first-order valence-corrected chi connectivity index (χ1v) is 7.27. The molecule has 6 heteroatoms. The minimum Gasteiger partial charge on any atom is -0.434 e. The third-order valence-electron chi connectivity index (χ3n) is 4.01. The van der Waals surface area contributed by atoms with E-state index in [1.54, 1.807) is 13.2 Å². The minimum absolute atomic E-state index is 0.193. The molecule has 0 saturated carbocycles. The number of oxime groups is 1. The molecule has 120 valence electrons. The topological polar surface area (TPSA) is 83.0 Å². The molecule has 0 radical (unpaired) electrons. The molecule has 0 saturated heterocycles. The number of hydrogen-bond donors (Lipinski definition) is 3. The molecule has 0 amide bonds. The summed E-state index contributed by atoms with van der Waals surface area (Å²) in [4.78, 5) is 11.1. The van der Waals surface area contributed by atoms with Crippen molar-refractivity contribution in [1.82, 2.24) is 10.6 Å². The average molecular weight is 297 g/mol. The van der Waals surface area contributed by atoms with E-state index in [9.17, 15) is 4.79 Å². The molecule has 0 aliphatic carbocycles. The number of nitrogens with one attached hydrogen (secondary N) is 2. The van der Waals surface area contributed by atoms with Gasteiger partial charge < -0.3 is 20.6 Å². The van der Waals surface area contributed by atoms with E-state index in [-0.39, 0.29) is 17.0 Å². The van der Waals surface area contributed by atoms with Crippen molar-refractivity contribution >= 4 is 11.7 Å². The molecule has 0 atom stereocenters. The van der Waals surface area contributed by atoms with Crippen LogP contribution >= 0.6 is 0 Å². The molecule has 1 heterocycles. The highest BCUT2D eigenvalue weighted by molar-refractivity contribution is 5.90. The van der Waals surface area contributed by atoms with Crippen molar-refractivity contribution in [3.8, 4) is 0 Å². The van der Waals surface area contributed by atoms with Crippen LogP contribution in [0.2, 0.25) is 0 Å². The van der Waals surface area contributed by atoms with Gasteiger partial charge in [-0.1, -0.05) is 5.16 Å². The van der Waals surface area contributed by atoms with Crippen molar-refractivity contribution in [2.75, 3.05) is 13.1 Å². The minimum atomic E-state index is -0.321. The highest BCUT2D eigenvalue weighted by Gasteiger charge is 2.29. The van der Waals surface area contributed by atoms with E-state index < -0.39 is 0 Å². The molecule has 1 aliphatic heterocycles. The predicted octanol–water partition coefficient (Wildman–Crippen LogP) is 1.79. The van der Waals surface area contributed by atoms with Crippen molar-refractivity contribution in [3.63, 3.8) is 0 Å². The highest BCUT2D eigenvalue weighted by Crippen LogP contribution is 2.24. The Labute approximate surface area is 126 Å². The van der Waals surface area contributed by atoms with Gasteiger partial charge in [-0.05, 0) is 59.7 Å². The van der Waals surface area contributed by atoms with Crippen LogP contribution in [-0.2, 0) is 9.53 Å². The summed E-state index contributed by atoms with van der Waals surface area (Å²) in [7, 11) is 0. The Morgan fingerprint density at radius 3 is 2.48 bits per heavy atom. The standard InChI is InChI=1S/C15H27N3O3/c1-11(18-20)14(2,3)16-7-6-8-17-15(4,5)12-9-13(19)21-10-12/h10,16-17,20H,6-9H2,1-5H3/b18-11+. The number of carbonyl (C=O) groups excluding carboxylic acids is 1. The Kier molecular flexibility index (Phi) is 5.92. The molecule has 3 N–H and O–H groups in total. The Morgan fingerprint density at radius 2 is 1.95 bits per heavy atom. The van der Waals surface area contributed by atoms with Gasteiger partial charge in [-0.15, -0.1) is 0 Å². The van der Waals surface area contributed by atoms with Crippen molar-refractivity contribution in [1.29, 1.82) is 0 Å². The third kappa shape index (κ3) is 5.13. The van der Waals surface area contributed by atoms with E-state index in [1.807, 2.05) is 27.7 Å². The zero-order valence-electron chi connectivity index (χ0n) is 13.6. The first-order chi connectivity index (χ1) is 9.69. The molecule has 21 heavy (non-hydrogen) atoms. The van der Waals surface area contributed by atoms with Crippen molar-refractivity contribution in [3.05, 3.63) is 11.8 Å². The first-order valence-electron chi connectivity index (χ1n) is 7.27. The fraction of sp³-hybridized carbons (Fsp3) is 0.733. The van der Waals surface area contributed by atoms with Gasteiger partial charge in [0.1, 0.15) is 0 Å². The van der Waals surface area contributed by atoms with Crippen LogP contribution in [0.5, 0.6) is 0 Å². The zero-order valence-corrected chi connectivity index (χ0v) is 13.6. The lowest BCUT2D eigenvalue weighted by atomic mass is 9.93. The van der Waals surface area contributed by atoms with Gasteiger partial charge in [0.15, 0.2) is 0 Å². The molecular weight excluding hydrogens is 270 g/mol. The second kappa shape index (κ2) is 7.04. The molecule has 1 aliphatic rings. The Bertz CT molecular complexity index is 439.